The second-order valence-electron chi connectivity index (χ2n) is 4.24. The summed E-state index contributed by atoms with van der Waals surface area (Å²) >= 11 is 1.17. The molecule has 5 nitrogen and oxygen atoms in total. The van der Waals surface area contributed by atoms with Gasteiger partial charge in [0.1, 0.15) is 5.01 Å². The highest BCUT2D eigenvalue weighted by Crippen LogP contribution is 2.29. The van der Waals surface area contributed by atoms with E-state index in [1.54, 1.807) is 5.38 Å². The van der Waals surface area contributed by atoms with Crippen molar-refractivity contribution in [3.8, 4) is 0 Å². The van der Waals surface area contributed by atoms with Gasteiger partial charge >= 0.3 is 6.18 Å². The molecule has 10 heteroatoms. The van der Waals surface area contributed by atoms with E-state index in [9.17, 15) is 21.6 Å². The van der Waals surface area contributed by atoms with Gasteiger partial charge in [-0.3, -0.25) is 0 Å². The van der Waals surface area contributed by atoms with Crippen LogP contribution in [0.25, 0.3) is 0 Å². The minimum atomic E-state index is -4.52. The molecular weight excluding hydrogens is 341 g/mol. The van der Waals surface area contributed by atoms with E-state index in [-0.39, 0.29) is 18.0 Å². The number of rotatable bonds is 5. The molecule has 0 amide bonds. The second kappa shape index (κ2) is 6.32. The number of benzene rings is 1. The quantitative estimate of drug-likeness (QED) is 0.864. The summed E-state index contributed by atoms with van der Waals surface area (Å²) in [5.41, 5.74) is -0.493. The van der Waals surface area contributed by atoms with Crippen LogP contribution in [-0.4, -0.2) is 18.5 Å². The predicted molar refractivity (Wildman–Crippen MR) is 73.5 cm³/mol. The van der Waals surface area contributed by atoms with Crippen molar-refractivity contribution in [1.29, 1.82) is 0 Å². The van der Waals surface area contributed by atoms with Crippen LogP contribution < -0.4 is 4.72 Å². The smallest absolute Gasteiger partial charge is 0.390 e. The highest BCUT2D eigenvalue weighted by Gasteiger charge is 2.30. The fourth-order valence-electron chi connectivity index (χ4n) is 1.57. The van der Waals surface area contributed by atoms with Crippen molar-refractivity contribution in [2.75, 3.05) is 0 Å². The molecule has 2 rings (SSSR count). The molecule has 0 aliphatic carbocycles. The highest BCUT2D eigenvalue weighted by molar-refractivity contribution is 7.89. The SMILES string of the molecule is O=S(=O)(NCc1nc(CO)cs1)c1ccc(C(F)(F)F)cc1. The minimum absolute atomic E-state index is 0.103. The zero-order valence-electron chi connectivity index (χ0n) is 11.0. The number of sulfonamides is 1. The Balaban J connectivity index is 2.09. The van der Waals surface area contributed by atoms with Crippen LogP contribution in [0.15, 0.2) is 34.5 Å². The molecule has 0 aliphatic heterocycles. The zero-order chi connectivity index (χ0) is 16.4. The number of aliphatic hydroxyl groups excluding tert-OH is 1. The monoisotopic (exact) mass is 352 g/mol. The molecule has 0 radical (unpaired) electrons. The third kappa shape index (κ3) is 4.03. The summed E-state index contributed by atoms with van der Waals surface area (Å²) in [4.78, 5) is 3.70. The Bertz CT molecular complexity index is 740. The van der Waals surface area contributed by atoms with Crippen LogP contribution in [0.4, 0.5) is 13.2 Å². The molecule has 22 heavy (non-hydrogen) atoms. The van der Waals surface area contributed by atoms with E-state index in [2.05, 4.69) is 9.71 Å². The van der Waals surface area contributed by atoms with Crippen molar-refractivity contribution < 1.29 is 26.7 Å². The van der Waals surface area contributed by atoms with Crippen LogP contribution in [0.2, 0.25) is 0 Å². The molecule has 1 aromatic heterocycles. The second-order valence-corrected chi connectivity index (χ2v) is 6.95. The molecule has 0 atom stereocenters. The minimum Gasteiger partial charge on any atom is -0.390 e. The van der Waals surface area contributed by atoms with Crippen molar-refractivity contribution in [3.05, 3.63) is 45.9 Å². The van der Waals surface area contributed by atoms with Gasteiger partial charge in [-0.05, 0) is 24.3 Å². The lowest BCUT2D eigenvalue weighted by Gasteiger charge is -2.08. The van der Waals surface area contributed by atoms with Crippen molar-refractivity contribution in [3.63, 3.8) is 0 Å². The fourth-order valence-corrected chi connectivity index (χ4v) is 3.37. The first-order valence-electron chi connectivity index (χ1n) is 5.93. The van der Waals surface area contributed by atoms with Crippen LogP contribution in [0.1, 0.15) is 16.3 Å². The van der Waals surface area contributed by atoms with Gasteiger partial charge in [0.2, 0.25) is 10.0 Å². The molecule has 0 fully saturated rings. The number of nitrogens with one attached hydrogen (secondary N) is 1. The first-order chi connectivity index (χ1) is 10.2. The standard InChI is InChI=1S/C12H11F3N2O3S2/c13-12(14,15)8-1-3-10(4-2-8)22(19,20)16-5-11-17-9(6-18)7-21-11/h1-4,7,16,18H,5-6H2. The topological polar surface area (TPSA) is 79.3 Å². The summed E-state index contributed by atoms with van der Waals surface area (Å²) in [5.74, 6) is 0. The van der Waals surface area contributed by atoms with Gasteiger partial charge in [-0.25, -0.2) is 18.1 Å². The van der Waals surface area contributed by atoms with Gasteiger partial charge in [0.25, 0.3) is 0 Å². The van der Waals surface area contributed by atoms with E-state index in [4.69, 9.17) is 5.11 Å². The number of aliphatic hydroxyl groups is 1. The van der Waals surface area contributed by atoms with E-state index < -0.39 is 21.8 Å². The number of thiazole rings is 1. The van der Waals surface area contributed by atoms with Gasteiger partial charge < -0.3 is 5.11 Å². The Labute approximate surface area is 128 Å². The number of hydrogen-bond acceptors (Lipinski definition) is 5. The van der Waals surface area contributed by atoms with Crippen molar-refractivity contribution in [2.45, 2.75) is 24.2 Å². The summed E-state index contributed by atoms with van der Waals surface area (Å²) in [5, 5.41) is 10.9. The average Bonchev–Trinajstić information content (AvgIpc) is 2.93. The Kier molecular flexibility index (Phi) is 4.85. The number of hydrogen-bond donors (Lipinski definition) is 2. The van der Waals surface area contributed by atoms with Gasteiger partial charge in [-0.2, -0.15) is 13.2 Å². The van der Waals surface area contributed by atoms with Crippen LogP contribution >= 0.6 is 11.3 Å². The first-order valence-corrected chi connectivity index (χ1v) is 8.30. The maximum atomic E-state index is 12.4. The molecule has 2 aromatic rings. The molecule has 0 saturated carbocycles. The van der Waals surface area contributed by atoms with E-state index in [1.807, 2.05) is 0 Å². The third-order valence-electron chi connectivity index (χ3n) is 2.67. The van der Waals surface area contributed by atoms with Gasteiger partial charge in [-0.1, -0.05) is 0 Å². The normalized spacial score (nSPS) is 12.5. The number of alkyl halides is 3. The molecule has 0 aliphatic rings. The molecule has 0 bridgehead atoms. The summed E-state index contributed by atoms with van der Waals surface area (Å²) in [7, 11) is -3.93. The molecular formula is C12H11F3N2O3S2. The fraction of sp³-hybridized carbons (Fsp3) is 0.250. The van der Waals surface area contributed by atoms with Crippen LogP contribution in [0.5, 0.6) is 0 Å². The lowest BCUT2D eigenvalue weighted by Crippen LogP contribution is -2.23. The van der Waals surface area contributed by atoms with Crippen molar-refractivity contribution >= 4 is 21.4 Å². The summed E-state index contributed by atoms with van der Waals surface area (Å²) in [6, 6.07) is 3.21. The number of aromatic nitrogens is 1. The number of nitrogens with zero attached hydrogens (tertiary/aromatic N) is 1. The molecule has 1 heterocycles. The summed E-state index contributed by atoms with van der Waals surface area (Å²) in [6.45, 7) is -0.351. The molecule has 0 spiro atoms. The van der Waals surface area contributed by atoms with E-state index in [0.717, 1.165) is 12.1 Å². The maximum Gasteiger partial charge on any atom is 0.416 e. The third-order valence-corrected chi connectivity index (χ3v) is 4.98. The summed E-state index contributed by atoms with van der Waals surface area (Å²) < 4.78 is 63.5. The molecule has 120 valence electrons. The Morgan fingerprint density at radius 1 is 1.23 bits per heavy atom. The van der Waals surface area contributed by atoms with Crippen LogP contribution in [-0.2, 0) is 29.4 Å². The summed E-state index contributed by atoms with van der Waals surface area (Å²) in [6.07, 6.45) is -4.52. The average molecular weight is 352 g/mol. The van der Waals surface area contributed by atoms with Crippen molar-refractivity contribution in [2.24, 2.45) is 0 Å². The van der Waals surface area contributed by atoms with Gasteiger partial charge in [0, 0.05) is 5.38 Å². The van der Waals surface area contributed by atoms with Crippen LogP contribution in [0, 0.1) is 0 Å². The van der Waals surface area contributed by atoms with Crippen LogP contribution in [0.3, 0.4) is 0 Å². The largest absolute Gasteiger partial charge is 0.416 e. The Morgan fingerprint density at radius 2 is 1.86 bits per heavy atom. The van der Waals surface area contributed by atoms with E-state index in [0.29, 0.717) is 22.8 Å². The first kappa shape index (κ1) is 16.9. The molecule has 1 aromatic carbocycles. The van der Waals surface area contributed by atoms with Gasteiger partial charge in [0.05, 0.1) is 29.3 Å². The van der Waals surface area contributed by atoms with Gasteiger partial charge in [-0.15, -0.1) is 11.3 Å². The zero-order valence-corrected chi connectivity index (χ0v) is 12.6. The lowest BCUT2D eigenvalue weighted by atomic mass is 10.2. The van der Waals surface area contributed by atoms with Gasteiger partial charge in [0.15, 0.2) is 0 Å². The van der Waals surface area contributed by atoms with Crippen molar-refractivity contribution in [1.82, 2.24) is 9.71 Å². The molecule has 0 unspecified atom stereocenters. The maximum absolute atomic E-state index is 12.4. The molecule has 2 N–H and O–H groups in total. The van der Waals surface area contributed by atoms with E-state index in [1.165, 1.54) is 11.3 Å². The highest BCUT2D eigenvalue weighted by atomic mass is 32.2. The Morgan fingerprint density at radius 3 is 2.36 bits per heavy atom. The predicted octanol–water partition coefficient (Wildman–Crippen LogP) is 2.13. The Hall–Kier alpha value is -1.49. The molecule has 0 saturated heterocycles. The number of halogens is 3. The lowest BCUT2D eigenvalue weighted by molar-refractivity contribution is -0.137. The van der Waals surface area contributed by atoms with E-state index >= 15 is 0 Å².